The molecule has 0 unspecified atom stereocenters. The summed E-state index contributed by atoms with van der Waals surface area (Å²) in [4.78, 5) is 74.1. The SMILES string of the molecule is CCOC(=O)[C@H](O)CN(N)Cc1ccc(-c2cc(Cl)ccc2F)cc1.O=C(NN(Cc1ccc(-c2cc(Cl)ccc2F)cc1)C[C@@H](O)C(=O)O)c1nn(-c2ccccc2)c(=O)[nH]1.O=C(O)c1nn(-c2ccccc2)c(=O)[nH]1. The number of hydrogen-bond acceptors (Lipinski definition) is 14. The molecule has 1 amide bonds. The number of carbonyl (C=O) groups excluding carboxylic acids is 2. The number of aromatic nitrogens is 6. The Kier molecular flexibility index (Phi) is 20.4. The largest absolute Gasteiger partial charge is 0.479 e. The number of aromatic carboxylic acids is 1. The molecule has 0 radical (unpaired) electrons. The van der Waals surface area contributed by atoms with Crippen LogP contribution in [0.3, 0.4) is 0 Å². The predicted molar refractivity (Wildman–Crippen MR) is 278 cm³/mol. The number of nitrogens with zero attached hydrogens (tertiary/aromatic N) is 6. The number of benzene rings is 6. The summed E-state index contributed by atoms with van der Waals surface area (Å²) in [5.41, 5.74) is 5.67. The van der Waals surface area contributed by atoms with Crippen molar-refractivity contribution < 1.29 is 53.1 Å². The van der Waals surface area contributed by atoms with Gasteiger partial charge in [0.1, 0.15) is 11.6 Å². The number of H-pyrrole nitrogens is 2. The number of amides is 1. The second-order valence-electron chi connectivity index (χ2n) is 16.4. The molecule has 0 fully saturated rings. The van der Waals surface area contributed by atoms with Gasteiger partial charge in [-0.2, -0.15) is 9.36 Å². The second kappa shape index (κ2) is 27.2. The van der Waals surface area contributed by atoms with Crippen LogP contribution >= 0.6 is 23.2 Å². The number of carboxylic acids is 2. The summed E-state index contributed by atoms with van der Waals surface area (Å²) in [7, 11) is 0. The number of carbonyl (C=O) groups is 4. The van der Waals surface area contributed by atoms with Crippen LogP contribution in [0.4, 0.5) is 8.78 Å². The van der Waals surface area contributed by atoms with Gasteiger partial charge in [0, 0.05) is 34.3 Å². The maximum Gasteiger partial charge on any atom is 0.373 e. The molecule has 0 aliphatic heterocycles. The normalized spacial score (nSPS) is 11.7. The molecule has 9 N–H and O–H groups in total. The first-order valence-electron chi connectivity index (χ1n) is 22.9. The minimum absolute atomic E-state index is 0.0159. The third-order valence-corrected chi connectivity index (χ3v) is 11.2. The first-order chi connectivity index (χ1) is 36.8. The predicted octanol–water partition coefficient (Wildman–Crippen LogP) is 5.62. The quantitative estimate of drug-likeness (QED) is 0.0294. The molecule has 2 atom stereocenters. The number of hydrazine groups is 2. The fourth-order valence-corrected chi connectivity index (χ4v) is 7.38. The summed E-state index contributed by atoms with van der Waals surface area (Å²) < 4.78 is 34.8. The monoisotopic (exact) mass is 1100 g/mol. The van der Waals surface area contributed by atoms with Crippen molar-refractivity contribution in [3.05, 3.63) is 211 Å². The lowest BCUT2D eigenvalue weighted by molar-refractivity contribution is -0.154. The molecule has 400 valence electrons. The zero-order chi connectivity index (χ0) is 55.8. The summed E-state index contributed by atoms with van der Waals surface area (Å²) >= 11 is 11.9. The van der Waals surface area contributed by atoms with Crippen LogP contribution in [0.25, 0.3) is 33.6 Å². The highest BCUT2D eigenvalue weighted by molar-refractivity contribution is 6.31. The molecular weight excluding hydrogens is 1050 g/mol. The molecule has 25 heteroatoms. The molecule has 77 heavy (non-hydrogen) atoms. The average Bonchev–Trinajstić information content (AvgIpc) is 4.02. The molecule has 0 saturated heterocycles. The van der Waals surface area contributed by atoms with Gasteiger partial charge in [-0.3, -0.25) is 26.0 Å². The van der Waals surface area contributed by atoms with Crippen LogP contribution in [-0.2, 0) is 27.4 Å². The highest BCUT2D eigenvalue weighted by Crippen LogP contribution is 2.28. The maximum atomic E-state index is 14.2. The number of para-hydroxylation sites is 2. The van der Waals surface area contributed by atoms with E-state index in [2.05, 4.69) is 25.6 Å². The molecule has 0 aliphatic rings. The maximum absolute atomic E-state index is 14.2. The zero-order valence-electron chi connectivity index (χ0n) is 40.5. The van der Waals surface area contributed by atoms with E-state index in [1.807, 2.05) is 0 Å². The lowest BCUT2D eigenvalue weighted by Gasteiger charge is -2.24. The Hall–Kier alpha value is -8.68. The molecule has 2 heterocycles. The van der Waals surface area contributed by atoms with E-state index in [0.717, 1.165) is 14.9 Å². The number of halogens is 4. The van der Waals surface area contributed by atoms with Crippen LogP contribution < -0.4 is 22.6 Å². The van der Waals surface area contributed by atoms with Gasteiger partial charge in [-0.05, 0) is 89.8 Å². The number of rotatable bonds is 18. The standard InChI is InChI=1S/C25H21ClFN5O5.C18H20ClFN2O3.C9H7N3O3/c26-17-10-11-20(27)19(12-17)16-8-6-15(7-9-16)13-31(14-21(33)24(35)36)30-23(34)22-28-25(37)32(29-22)18-4-2-1-3-5-18;1-2-25-18(24)17(23)11-22(21)10-12-3-5-13(6-4-12)15-9-14(19)7-8-16(15)20;13-8(14)7-10-9(15)12(11-7)6-4-2-1-3-5-6/h1-12,21,33H,13-14H2,(H,30,34)(H,35,36)(H,28,29,37);3-9,17,23H,2,10-11,21H2,1H3;1-5H,(H,13,14)(H,10,11,15)/t21-;17-;/m11./s1. The molecule has 8 aromatic rings. The summed E-state index contributed by atoms with van der Waals surface area (Å²) in [6, 6.07) is 39.4. The van der Waals surface area contributed by atoms with Crippen LogP contribution in [0, 0.1) is 11.6 Å². The number of esters is 1. The van der Waals surface area contributed by atoms with Crippen molar-refractivity contribution in [2.45, 2.75) is 32.2 Å². The van der Waals surface area contributed by atoms with Gasteiger partial charge in [0.15, 0.2) is 12.2 Å². The summed E-state index contributed by atoms with van der Waals surface area (Å²) in [5, 5.41) is 48.3. The molecule has 8 rings (SSSR count). The number of aliphatic hydroxyl groups is 2. The number of aromatic amines is 2. The Morgan fingerprint density at radius 2 is 1.12 bits per heavy atom. The van der Waals surface area contributed by atoms with E-state index in [-0.39, 0.29) is 37.2 Å². The number of aliphatic carboxylic acids is 1. The van der Waals surface area contributed by atoms with Crippen LogP contribution in [0.5, 0.6) is 0 Å². The zero-order valence-corrected chi connectivity index (χ0v) is 42.0. The van der Waals surface area contributed by atoms with Gasteiger partial charge < -0.3 is 25.2 Å². The minimum Gasteiger partial charge on any atom is -0.479 e. The van der Waals surface area contributed by atoms with Crippen LogP contribution in [0.2, 0.25) is 10.0 Å². The second-order valence-corrected chi connectivity index (χ2v) is 17.2. The number of ether oxygens (including phenoxy) is 1. The lowest BCUT2D eigenvalue weighted by Crippen LogP contribution is -2.47. The number of aliphatic hydroxyl groups excluding tert-OH is 2. The van der Waals surface area contributed by atoms with E-state index in [4.69, 9.17) is 44.0 Å². The molecule has 0 bridgehead atoms. The van der Waals surface area contributed by atoms with E-state index in [1.165, 1.54) is 40.3 Å². The highest BCUT2D eigenvalue weighted by Gasteiger charge is 2.23. The van der Waals surface area contributed by atoms with Gasteiger partial charge in [-0.25, -0.2) is 42.8 Å². The first kappa shape index (κ1) is 57.6. The molecular formula is C52H48Cl2F2N10O11. The van der Waals surface area contributed by atoms with Crippen molar-refractivity contribution in [3.8, 4) is 33.6 Å². The van der Waals surface area contributed by atoms with Crippen LogP contribution in [0.15, 0.2) is 155 Å². The van der Waals surface area contributed by atoms with Crippen molar-refractivity contribution in [1.29, 1.82) is 0 Å². The molecule has 0 spiro atoms. The van der Waals surface area contributed by atoms with Crippen molar-refractivity contribution >= 4 is 47.0 Å². The lowest BCUT2D eigenvalue weighted by atomic mass is 10.0. The molecule has 0 saturated carbocycles. The van der Waals surface area contributed by atoms with E-state index < -0.39 is 59.8 Å². The Bertz CT molecular complexity index is 3420. The first-order valence-corrected chi connectivity index (χ1v) is 23.7. The Labute approximate surface area is 445 Å². The summed E-state index contributed by atoms with van der Waals surface area (Å²) in [6.45, 7) is 1.64. The van der Waals surface area contributed by atoms with Crippen molar-refractivity contribution in [2.24, 2.45) is 5.84 Å². The topological polar surface area (TPSA) is 304 Å². The fraction of sp³-hybridized carbons (Fsp3) is 0.154. The third-order valence-electron chi connectivity index (χ3n) is 10.7. The van der Waals surface area contributed by atoms with Crippen LogP contribution in [0.1, 0.15) is 39.3 Å². The number of hydrogen-bond donors (Lipinski definition) is 8. The van der Waals surface area contributed by atoms with Gasteiger partial charge in [0.2, 0.25) is 11.6 Å². The van der Waals surface area contributed by atoms with Gasteiger partial charge in [-0.1, -0.05) is 108 Å². The number of nitrogens with two attached hydrogens (primary N) is 1. The Balaban J connectivity index is 0.000000206. The van der Waals surface area contributed by atoms with Gasteiger partial charge in [0.25, 0.3) is 0 Å². The van der Waals surface area contributed by atoms with E-state index in [0.29, 0.717) is 55.8 Å². The molecule has 0 aliphatic carbocycles. The van der Waals surface area contributed by atoms with Crippen molar-refractivity contribution in [1.82, 2.24) is 45.0 Å². The number of carboxylic acid groups (broad SMARTS) is 2. The minimum atomic E-state index is -1.80. The van der Waals surface area contributed by atoms with Crippen molar-refractivity contribution in [3.63, 3.8) is 0 Å². The van der Waals surface area contributed by atoms with Crippen LogP contribution in [-0.4, -0.2) is 116 Å². The van der Waals surface area contributed by atoms with Crippen molar-refractivity contribution in [2.75, 3.05) is 19.7 Å². The summed E-state index contributed by atoms with van der Waals surface area (Å²) in [6.07, 6.45) is -3.11. The van der Waals surface area contributed by atoms with E-state index >= 15 is 0 Å². The van der Waals surface area contributed by atoms with Gasteiger partial charge >= 0.3 is 35.2 Å². The van der Waals surface area contributed by atoms with Gasteiger partial charge in [0.05, 0.1) is 31.1 Å². The highest BCUT2D eigenvalue weighted by atomic mass is 35.5. The molecule has 21 nitrogen and oxygen atoms in total. The average molecular weight is 1100 g/mol. The Morgan fingerprint density at radius 3 is 1.56 bits per heavy atom. The molecule has 2 aromatic heterocycles. The van der Waals surface area contributed by atoms with Gasteiger partial charge in [-0.15, -0.1) is 10.2 Å². The fourth-order valence-electron chi connectivity index (χ4n) is 7.04. The van der Waals surface area contributed by atoms with E-state index in [1.54, 1.807) is 122 Å². The number of nitrogens with one attached hydrogen (secondary N) is 3. The van der Waals surface area contributed by atoms with E-state index in [9.17, 15) is 47.8 Å². The smallest absolute Gasteiger partial charge is 0.373 e. The molecule has 6 aromatic carbocycles. The third kappa shape index (κ3) is 16.4. The summed E-state index contributed by atoms with van der Waals surface area (Å²) in [5.74, 6) is 0.0814. The Morgan fingerprint density at radius 1 is 0.662 bits per heavy atom.